The van der Waals surface area contributed by atoms with E-state index in [1.54, 1.807) is 25.2 Å². The number of amides is 1. The van der Waals surface area contributed by atoms with E-state index >= 15 is 0 Å². The molecular weight excluding hydrogens is 462 g/mol. The molecule has 198 valence electrons. The third-order valence-corrected chi connectivity index (χ3v) is 8.08. The van der Waals surface area contributed by atoms with E-state index in [1.165, 1.54) is 35.1 Å². The summed E-state index contributed by atoms with van der Waals surface area (Å²) < 4.78 is 16.8. The van der Waals surface area contributed by atoms with Crippen molar-refractivity contribution < 1.29 is 18.7 Å². The van der Waals surface area contributed by atoms with Crippen LogP contribution in [0, 0.1) is 6.92 Å². The minimum Gasteiger partial charge on any atom is -0.493 e. The van der Waals surface area contributed by atoms with Crippen LogP contribution in [0.4, 0.5) is 0 Å². The number of nitrogens with zero attached hydrogens (tertiary/aromatic N) is 1. The van der Waals surface area contributed by atoms with Gasteiger partial charge in [0.15, 0.2) is 17.3 Å². The molecule has 1 aromatic heterocycles. The number of fused-ring (bicyclic) bond motifs is 1. The van der Waals surface area contributed by atoms with Gasteiger partial charge in [0, 0.05) is 20.0 Å². The van der Waals surface area contributed by atoms with Crippen LogP contribution < -0.4 is 9.47 Å². The molecule has 0 unspecified atom stereocenters. The number of hydrogen-bond donors (Lipinski definition) is 0. The minimum atomic E-state index is -0.114. The number of carbonyl (C=O) groups excluding carboxylic acids is 1. The first-order chi connectivity index (χ1) is 17.4. The lowest BCUT2D eigenvalue weighted by atomic mass is 9.62. The van der Waals surface area contributed by atoms with Crippen LogP contribution >= 0.6 is 0 Å². The second-order valence-corrected chi connectivity index (χ2v) is 11.7. The molecule has 1 aliphatic carbocycles. The molecule has 4 rings (SSSR count). The first kappa shape index (κ1) is 26.8. The Bertz CT molecular complexity index is 1280. The van der Waals surface area contributed by atoms with Gasteiger partial charge in [-0.15, -0.1) is 0 Å². The van der Waals surface area contributed by atoms with Crippen LogP contribution in [0.5, 0.6) is 11.5 Å². The molecule has 0 radical (unpaired) electrons. The zero-order valence-electron chi connectivity index (χ0n) is 23.7. The molecule has 3 aromatic rings. The Morgan fingerprint density at radius 1 is 0.919 bits per heavy atom. The van der Waals surface area contributed by atoms with Crippen LogP contribution in [0.2, 0.25) is 0 Å². The second kappa shape index (κ2) is 10.3. The van der Waals surface area contributed by atoms with Crippen LogP contribution in [0.1, 0.15) is 84.7 Å². The van der Waals surface area contributed by atoms with Gasteiger partial charge in [-0.2, -0.15) is 0 Å². The van der Waals surface area contributed by atoms with Crippen molar-refractivity contribution in [2.24, 2.45) is 0 Å². The average molecular weight is 504 g/mol. The predicted molar refractivity (Wildman–Crippen MR) is 148 cm³/mol. The normalized spacial score (nSPS) is 15.7. The molecule has 0 saturated carbocycles. The van der Waals surface area contributed by atoms with E-state index in [0.717, 1.165) is 11.3 Å². The van der Waals surface area contributed by atoms with E-state index in [-0.39, 0.29) is 16.7 Å². The lowest BCUT2D eigenvalue weighted by Gasteiger charge is -2.42. The van der Waals surface area contributed by atoms with E-state index < -0.39 is 0 Å². The van der Waals surface area contributed by atoms with Crippen molar-refractivity contribution in [2.45, 2.75) is 71.1 Å². The van der Waals surface area contributed by atoms with Gasteiger partial charge in [-0.25, -0.2) is 0 Å². The standard InChI is InChI=1S/C32H41NO4/c1-21-17-25-26(32(4,5)15-14-31(25,2)3)20-23(21)19-24-10-12-28(37-24)30(34)33(6)16-13-22-9-11-27(35-7)29(18-22)36-8/h9-12,17-18,20H,13-16,19H2,1-8H3. The molecule has 5 nitrogen and oxygen atoms in total. The van der Waals surface area contributed by atoms with Crippen molar-refractivity contribution in [1.82, 2.24) is 4.90 Å². The van der Waals surface area contributed by atoms with Crippen molar-refractivity contribution >= 4 is 5.91 Å². The van der Waals surface area contributed by atoms with Crippen molar-refractivity contribution in [3.63, 3.8) is 0 Å². The van der Waals surface area contributed by atoms with Gasteiger partial charge in [0.25, 0.3) is 5.91 Å². The van der Waals surface area contributed by atoms with Gasteiger partial charge in [0.1, 0.15) is 5.76 Å². The summed E-state index contributed by atoms with van der Waals surface area (Å²) in [4.78, 5) is 14.8. The third kappa shape index (κ3) is 5.56. The molecule has 1 amide bonds. The molecule has 0 bridgehead atoms. The second-order valence-electron chi connectivity index (χ2n) is 11.7. The highest BCUT2D eigenvalue weighted by atomic mass is 16.5. The molecule has 0 spiro atoms. The first-order valence-corrected chi connectivity index (χ1v) is 13.1. The maximum atomic E-state index is 13.1. The molecule has 0 fully saturated rings. The summed E-state index contributed by atoms with van der Waals surface area (Å²) in [6.07, 6.45) is 3.77. The first-order valence-electron chi connectivity index (χ1n) is 13.1. The zero-order valence-corrected chi connectivity index (χ0v) is 23.7. The Morgan fingerprint density at radius 3 is 2.22 bits per heavy atom. The predicted octanol–water partition coefficient (Wildman–Crippen LogP) is 6.86. The Hall–Kier alpha value is -3.21. The SMILES string of the molecule is COc1ccc(CCN(C)C(=O)c2ccc(Cc3cc4c(cc3C)C(C)(C)CCC4(C)C)o2)cc1OC. The van der Waals surface area contributed by atoms with Crippen LogP contribution in [0.3, 0.4) is 0 Å². The Labute approximate surface area is 221 Å². The summed E-state index contributed by atoms with van der Waals surface area (Å²) in [5.41, 5.74) is 6.89. The van der Waals surface area contributed by atoms with Gasteiger partial charge in [0.05, 0.1) is 14.2 Å². The van der Waals surface area contributed by atoms with E-state index in [2.05, 4.69) is 46.8 Å². The topological polar surface area (TPSA) is 51.9 Å². The van der Waals surface area contributed by atoms with Crippen molar-refractivity contribution in [3.8, 4) is 11.5 Å². The van der Waals surface area contributed by atoms with Crippen LogP contribution in [-0.2, 0) is 23.7 Å². The Morgan fingerprint density at radius 2 is 1.57 bits per heavy atom. The van der Waals surface area contributed by atoms with Gasteiger partial charge in [-0.3, -0.25) is 4.79 Å². The number of benzene rings is 2. The number of hydrogen-bond acceptors (Lipinski definition) is 4. The average Bonchev–Trinajstić information content (AvgIpc) is 3.34. The zero-order chi connectivity index (χ0) is 27.0. The fraction of sp³-hybridized carbons (Fsp3) is 0.469. The molecule has 1 heterocycles. The fourth-order valence-electron chi connectivity index (χ4n) is 5.36. The summed E-state index contributed by atoms with van der Waals surface area (Å²) in [7, 11) is 5.05. The van der Waals surface area contributed by atoms with E-state index in [4.69, 9.17) is 13.9 Å². The molecule has 1 aliphatic rings. The smallest absolute Gasteiger partial charge is 0.289 e. The maximum absolute atomic E-state index is 13.1. The number of likely N-dealkylation sites (N-methyl/N-ethyl adjacent to an activating group) is 1. The van der Waals surface area contributed by atoms with Gasteiger partial charge >= 0.3 is 0 Å². The van der Waals surface area contributed by atoms with Crippen LogP contribution in [0.25, 0.3) is 0 Å². The molecular formula is C32H41NO4. The molecule has 0 atom stereocenters. The number of rotatable bonds is 8. The molecule has 2 aromatic carbocycles. The number of furan rings is 1. The van der Waals surface area contributed by atoms with Crippen molar-refractivity contribution in [2.75, 3.05) is 27.8 Å². The minimum absolute atomic E-state index is 0.114. The largest absolute Gasteiger partial charge is 0.493 e. The summed E-state index contributed by atoms with van der Waals surface area (Å²) in [5.74, 6) is 2.46. The maximum Gasteiger partial charge on any atom is 0.289 e. The summed E-state index contributed by atoms with van der Waals surface area (Å²) in [5, 5.41) is 0. The van der Waals surface area contributed by atoms with E-state index in [1.807, 2.05) is 31.3 Å². The van der Waals surface area contributed by atoms with Gasteiger partial charge in [0.2, 0.25) is 0 Å². The highest BCUT2D eigenvalue weighted by Crippen LogP contribution is 2.46. The molecule has 37 heavy (non-hydrogen) atoms. The Balaban J connectivity index is 1.45. The molecule has 0 aliphatic heterocycles. The number of ether oxygens (including phenoxy) is 2. The lowest BCUT2D eigenvalue weighted by Crippen LogP contribution is -2.34. The summed E-state index contributed by atoms with van der Waals surface area (Å²) >= 11 is 0. The van der Waals surface area contributed by atoms with Crippen molar-refractivity contribution in [3.05, 3.63) is 81.8 Å². The molecule has 0 saturated heterocycles. The molecule has 5 heteroatoms. The van der Waals surface area contributed by atoms with E-state index in [9.17, 15) is 4.79 Å². The lowest BCUT2D eigenvalue weighted by molar-refractivity contribution is 0.0763. The third-order valence-electron chi connectivity index (χ3n) is 8.08. The quantitative estimate of drug-likeness (QED) is 0.337. The molecule has 0 N–H and O–H groups in total. The number of aryl methyl sites for hydroxylation is 1. The van der Waals surface area contributed by atoms with Crippen LogP contribution in [0.15, 0.2) is 46.9 Å². The summed E-state index contributed by atoms with van der Waals surface area (Å²) in [6, 6.07) is 14.3. The fourth-order valence-corrected chi connectivity index (χ4v) is 5.36. The van der Waals surface area contributed by atoms with Crippen molar-refractivity contribution in [1.29, 1.82) is 0 Å². The van der Waals surface area contributed by atoms with Gasteiger partial charge in [-0.1, -0.05) is 45.9 Å². The number of carbonyl (C=O) groups is 1. The van der Waals surface area contributed by atoms with Crippen LogP contribution in [-0.4, -0.2) is 38.6 Å². The number of methoxy groups -OCH3 is 2. The van der Waals surface area contributed by atoms with E-state index in [0.29, 0.717) is 36.6 Å². The highest BCUT2D eigenvalue weighted by molar-refractivity contribution is 5.91. The van der Waals surface area contributed by atoms with Gasteiger partial charge in [-0.05, 0) is 89.1 Å². The summed E-state index contributed by atoms with van der Waals surface area (Å²) in [6.45, 7) is 12.2. The van der Waals surface area contributed by atoms with Gasteiger partial charge < -0.3 is 18.8 Å². The Kier molecular flexibility index (Phi) is 7.45. The highest BCUT2D eigenvalue weighted by Gasteiger charge is 2.37. The monoisotopic (exact) mass is 503 g/mol.